The van der Waals surface area contributed by atoms with Crippen LogP contribution in [0.15, 0.2) is 62.9 Å². The second kappa shape index (κ2) is 9.15. The molecule has 1 aromatic heterocycles. The van der Waals surface area contributed by atoms with Gasteiger partial charge in [0.1, 0.15) is 11.6 Å². The minimum atomic E-state index is -4.65. The molecule has 0 bridgehead atoms. The van der Waals surface area contributed by atoms with Gasteiger partial charge in [-0.2, -0.15) is 33.3 Å². The quantitative estimate of drug-likeness (QED) is 0.430. The van der Waals surface area contributed by atoms with Crippen molar-refractivity contribution in [2.75, 3.05) is 0 Å². The van der Waals surface area contributed by atoms with Gasteiger partial charge in [-0.3, -0.25) is 9.59 Å². The smallest absolute Gasteiger partial charge is 0.266 e. The largest absolute Gasteiger partial charge is 0.416 e. The van der Waals surface area contributed by atoms with Gasteiger partial charge in [0.2, 0.25) is 0 Å². The van der Waals surface area contributed by atoms with E-state index in [-0.39, 0.29) is 16.9 Å². The molecular weight excluding hydrogens is 491 g/mol. The van der Waals surface area contributed by atoms with Crippen LogP contribution in [-0.2, 0) is 6.18 Å². The standard InChI is InChI=1S/C21H13BrF3N5O2/c1-12-17(10-26)20(32)30(16-7-3-5-14(9-16)21(23,24)25)29-18(12)19(31)28-27-11-13-4-2-6-15(22)8-13/h2-9,11H,1H3,(H,28,31)/b27-11+. The van der Waals surface area contributed by atoms with E-state index in [1.165, 1.54) is 19.2 Å². The molecule has 0 aliphatic rings. The summed E-state index contributed by atoms with van der Waals surface area (Å²) in [5.74, 6) is -0.842. The molecule has 0 aliphatic carbocycles. The SMILES string of the molecule is Cc1c(C(=O)N/N=C/c2cccc(Br)c2)nn(-c2cccc(C(F)(F)F)c2)c(=O)c1C#N. The molecule has 0 saturated carbocycles. The van der Waals surface area contributed by atoms with Crippen molar-refractivity contribution in [3.8, 4) is 11.8 Å². The maximum atomic E-state index is 13.1. The minimum Gasteiger partial charge on any atom is -0.266 e. The molecule has 0 atom stereocenters. The Morgan fingerprint density at radius 2 is 1.97 bits per heavy atom. The molecule has 1 heterocycles. The van der Waals surface area contributed by atoms with Crippen molar-refractivity contribution in [1.29, 1.82) is 5.26 Å². The summed E-state index contributed by atoms with van der Waals surface area (Å²) >= 11 is 3.31. The number of nitrogens with zero attached hydrogens (tertiary/aromatic N) is 4. The van der Waals surface area contributed by atoms with E-state index in [2.05, 4.69) is 31.6 Å². The Bertz CT molecular complexity index is 1330. The molecule has 7 nitrogen and oxygen atoms in total. The van der Waals surface area contributed by atoms with Gasteiger partial charge in [-0.25, -0.2) is 5.43 Å². The van der Waals surface area contributed by atoms with E-state index in [1.807, 2.05) is 6.07 Å². The van der Waals surface area contributed by atoms with Crippen LogP contribution in [0.5, 0.6) is 0 Å². The fourth-order valence-corrected chi connectivity index (χ4v) is 3.16. The Hall–Kier alpha value is -3.78. The van der Waals surface area contributed by atoms with Gasteiger partial charge in [-0.15, -0.1) is 0 Å². The molecule has 2 aromatic carbocycles. The van der Waals surface area contributed by atoms with Gasteiger partial charge in [-0.05, 0) is 42.8 Å². The Morgan fingerprint density at radius 1 is 1.25 bits per heavy atom. The molecule has 0 radical (unpaired) electrons. The second-order valence-corrected chi connectivity index (χ2v) is 7.40. The van der Waals surface area contributed by atoms with E-state index in [1.54, 1.807) is 24.3 Å². The summed E-state index contributed by atoms with van der Waals surface area (Å²) in [5, 5.41) is 17.1. The molecule has 0 spiro atoms. The van der Waals surface area contributed by atoms with Crippen molar-refractivity contribution in [2.24, 2.45) is 5.10 Å². The molecule has 0 saturated heterocycles. The van der Waals surface area contributed by atoms with Crippen molar-refractivity contribution >= 4 is 28.1 Å². The summed E-state index contributed by atoms with van der Waals surface area (Å²) in [5.41, 5.74) is -0.0423. The molecule has 11 heteroatoms. The molecule has 3 aromatic rings. The number of hydrogen-bond acceptors (Lipinski definition) is 5. The lowest BCUT2D eigenvalue weighted by atomic mass is 10.1. The number of alkyl halides is 3. The van der Waals surface area contributed by atoms with Crippen LogP contribution in [0.25, 0.3) is 5.69 Å². The van der Waals surface area contributed by atoms with Gasteiger partial charge in [0.05, 0.1) is 17.5 Å². The summed E-state index contributed by atoms with van der Waals surface area (Å²) in [6, 6.07) is 12.6. The van der Waals surface area contributed by atoms with Crippen molar-refractivity contribution in [1.82, 2.24) is 15.2 Å². The number of benzene rings is 2. The summed E-state index contributed by atoms with van der Waals surface area (Å²) in [4.78, 5) is 25.2. The molecular formula is C21H13BrF3N5O2. The fraction of sp³-hybridized carbons (Fsp3) is 0.0952. The molecule has 0 aliphatic heterocycles. The highest BCUT2D eigenvalue weighted by Crippen LogP contribution is 2.30. The first-order valence-electron chi connectivity index (χ1n) is 8.92. The van der Waals surface area contributed by atoms with Crippen molar-refractivity contribution in [2.45, 2.75) is 13.1 Å². The summed E-state index contributed by atoms with van der Waals surface area (Å²) in [7, 11) is 0. The van der Waals surface area contributed by atoms with Gasteiger partial charge in [0.15, 0.2) is 5.69 Å². The van der Waals surface area contributed by atoms with Crippen molar-refractivity contribution < 1.29 is 18.0 Å². The third-order valence-electron chi connectivity index (χ3n) is 4.31. The molecule has 1 amide bonds. The number of aromatic nitrogens is 2. The maximum absolute atomic E-state index is 13.1. The Kier molecular flexibility index (Phi) is 6.55. The summed E-state index contributed by atoms with van der Waals surface area (Å²) < 4.78 is 40.6. The van der Waals surface area contributed by atoms with Crippen LogP contribution in [0.4, 0.5) is 13.2 Å². The summed E-state index contributed by atoms with van der Waals surface area (Å²) in [6.45, 7) is 1.34. The van der Waals surface area contributed by atoms with Crippen LogP contribution < -0.4 is 11.0 Å². The number of amides is 1. The van der Waals surface area contributed by atoms with Crippen LogP contribution in [0.3, 0.4) is 0 Å². The number of rotatable bonds is 4. The number of carbonyl (C=O) groups is 1. The minimum absolute atomic E-state index is 0.0177. The van der Waals surface area contributed by atoms with E-state index in [0.717, 1.165) is 16.6 Å². The Morgan fingerprint density at radius 3 is 2.62 bits per heavy atom. The number of halogens is 4. The monoisotopic (exact) mass is 503 g/mol. The van der Waals surface area contributed by atoms with Gasteiger partial charge in [0, 0.05) is 10.0 Å². The Balaban J connectivity index is 2.01. The number of hydrazone groups is 1. The third-order valence-corrected chi connectivity index (χ3v) is 4.80. The van der Waals surface area contributed by atoms with Crippen LogP contribution in [-0.4, -0.2) is 21.9 Å². The molecule has 32 heavy (non-hydrogen) atoms. The van der Waals surface area contributed by atoms with Gasteiger partial charge < -0.3 is 0 Å². The van der Waals surface area contributed by atoms with Crippen LogP contribution in [0.1, 0.15) is 32.7 Å². The zero-order chi connectivity index (χ0) is 23.5. The topological polar surface area (TPSA) is 100 Å². The predicted octanol–water partition coefficient (Wildman–Crippen LogP) is 3.96. The fourth-order valence-electron chi connectivity index (χ4n) is 2.75. The highest BCUT2D eigenvalue weighted by Gasteiger charge is 2.31. The zero-order valence-electron chi connectivity index (χ0n) is 16.3. The van der Waals surface area contributed by atoms with E-state index >= 15 is 0 Å². The lowest BCUT2D eigenvalue weighted by Crippen LogP contribution is -2.31. The number of carbonyl (C=O) groups excluding carboxylic acids is 1. The van der Waals surface area contributed by atoms with Crippen LogP contribution >= 0.6 is 15.9 Å². The van der Waals surface area contributed by atoms with Gasteiger partial charge >= 0.3 is 6.18 Å². The predicted molar refractivity (Wildman–Crippen MR) is 113 cm³/mol. The highest BCUT2D eigenvalue weighted by molar-refractivity contribution is 9.10. The highest BCUT2D eigenvalue weighted by atomic mass is 79.9. The molecule has 0 unspecified atom stereocenters. The van der Waals surface area contributed by atoms with Gasteiger partial charge in [-0.1, -0.05) is 34.1 Å². The van der Waals surface area contributed by atoms with E-state index in [0.29, 0.717) is 16.3 Å². The number of hydrogen-bond donors (Lipinski definition) is 1. The van der Waals surface area contributed by atoms with Crippen molar-refractivity contribution in [3.05, 3.63) is 91.3 Å². The molecule has 3 rings (SSSR count). The zero-order valence-corrected chi connectivity index (χ0v) is 17.9. The van der Waals surface area contributed by atoms with E-state index < -0.39 is 28.8 Å². The second-order valence-electron chi connectivity index (χ2n) is 6.48. The Labute approximate surface area is 187 Å². The first kappa shape index (κ1) is 22.9. The van der Waals surface area contributed by atoms with Gasteiger partial charge in [0.25, 0.3) is 11.5 Å². The van der Waals surface area contributed by atoms with Crippen molar-refractivity contribution in [3.63, 3.8) is 0 Å². The van der Waals surface area contributed by atoms with Crippen LogP contribution in [0, 0.1) is 18.3 Å². The lowest BCUT2D eigenvalue weighted by Gasteiger charge is -2.12. The summed E-state index contributed by atoms with van der Waals surface area (Å²) in [6.07, 6.45) is -3.28. The van der Waals surface area contributed by atoms with E-state index in [4.69, 9.17) is 0 Å². The van der Waals surface area contributed by atoms with E-state index in [9.17, 15) is 28.0 Å². The first-order chi connectivity index (χ1) is 15.1. The number of nitriles is 1. The third kappa shape index (κ3) is 4.92. The normalized spacial score (nSPS) is 11.4. The average molecular weight is 504 g/mol. The maximum Gasteiger partial charge on any atom is 0.416 e. The first-order valence-corrected chi connectivity index (χ1v) is 9.71. The average Bonchev–Trinajstić information content (AvgIpc) is 2.74. The molecule has 0 fully saturated rings. The lowest BCUT2D eigenvalue weighted by molar-refractivity contribution is -0.137. The van der Waals surface area contributed by atoms with Crippen LogP contribution in [0.2, 0.25) is 0 Å². The number of nitrogens with one attached hydrogen (secondary N) is 1. The molecule has 1 N–H and O–H groups in total. The molecule has 162 valence electrons.